The molecule has 0 radical (unpaired) electrons. The molecule has 0 aliphatic carbocycles. The molecule has 3 aromatic carbocycles. The highest BCUT2D eigenvalue weighted by molar-refractivity contribution is 6.27. The molecule has 2 fully saturated rings. The quantitative estimate of drug-likeness (QED) is 0.165. The van der Waals surface area contributed by atoms with E-state index in [0.29, 0.717) is 0 Å². The van der Waals surface area contributed by atoms with Gasteiger partial charge in [0.15, 0.2) is 0 Å². The van der Waals surface area contributed by atoms with E-state index in [-0.39, 0.29) is 0 Å². The molecule has 266 valence electrons. The molecule has 0 spiro atoms. The third kappa shape index (κ3) is 11.6. The molecule has 0 amide bonds. The van der Waals surface area contributed by atoms with Gasteiger partial charge in [0.2, 0.25) is 0 Å². The van der Waals surface area contributed by atoms with Crippen LogP contribution in [0.3, 0.4) is 0 Å². The van der Waals surface area contributed by atoms with Crippen molar-refractivity contribution in [2.75, 3.05) is 52.5 Å². The first-order valence-electron chi connectivity index (χ1n) is 16.4. The molecular weight excluding hydrogens is 648 g/mol. The Labute approximate surface area is 289 Å². The summed E-state index contributed by atoms with van der Waals surface area (Å²) < 4.78 is 14.3. The van der Waals surface area contributed by atoms with Gasteiger partial charge in [-0.2, -0.15) is 0 Å². The summed E-state index contributed by atoms with van der Waals surface area (Å²) >= 11 is 0. The summed E-state index contributed by atoms with van der Waals surface area (Å²) in [5, 5.41) is 29.6. The van der Waals surface area contributed by atoms with Gasteiger partial charge in [-0.1, -0.05) is 24.3 Å². The van der Waals surface area contributed by atoms with Crippen molar-refractivity contribution in [3.05, 3.63) is 78.4 Å². The van der Waals surface area contributed by atoms with E-state index in [2.05, 4.69) is 87.2 Å². The van der Waals surface area contributed by atoms with E-state index in [1.165, 1.54) is 57.4 Å². The number of likely N-dealkylation sites (tertiary alicyclic amines) is 2. The van der Waals surface area contributed by atoms with E-state index >= 15 is 0 Å². The lowest BCUT2D eigenvalue weighted by molar-refractivity contribution is -0.159. The molecular formula is C36H42N4O10. The summed E-state index contributed by atoms with van der Waals surface area (Å²) in [6, 6.07) is 25.3. The Balaban J connectivity index is 0.000000404. The molecule has 4 N–H and O–H groups in total. The van der Waals surface area contributed by atoms with Crippen molar-refractivity contribution in [2.45, 2.75) is 32.2 Å². The van der Waals surface area contributed by atoms with Gasteiger partial charge in [-0.3, -0.25) is 9.80 Å². The van der Waals surface area contributed by atoms with Gasteiger partial charge in [0.05, 0.1) is 11.0 Å². The fourth-order valence-electron chi connectivity index (χ4n) is 5.63. The lowest BCUT2D eigenvalue weighted by Crippen LogP contribution is -2.25. The number of rotatable bonds is 11. The number of fused-ring (bicyclic) bond motifs is 1. The number of nitrogens with zero attached hydrogens (tertiary/aromatic N) is 4. The van der Waals surface area contributed by atoms with Crippen LogP contribution in [-0.4, -0.2) is 116 Å². The number of ether oxygens (including phenoxy) is 2. The first-order chi connectivity index (χ1) is 24.1. The summed E-state index contributed by atoms with van der Waals surface area (Å²) in [4.78, 5) is 46.4. The third-order valence-electron chi connectivity index (χ3n) is 8.15. The van der Waals surface area contributed by atoms with Crippen LogP contribution in [0.1, 0.15) is 31.2 Å². The van der Waals surface area contributed by atoms with Crippen molar-refractivity contribution in [1.82, 2.24) is 19.4 Å². The molecule has 1 aromatic heterocycles. The minimum absolute atomic E-state index is 0.732. The molecule has 2 aliphatic rings. The molecule has 14 heteroatoms. The molecule has 2 saturated heterocycles. The largest absolute Gasteiger partial charge is 0.492 e. The number of aliphatic carboxylic acids is 4. The Morgan fingerprint density at radius 3 is 1.50 bits per heavy atom. The Hall–Kier alpha value is -5.47. The van der Waals surface area contributed by atoms with Crippen molar-refractivity contribution < 1.29 is 49.1 Å². The normalized spacial score (nSPS) is 14.2. The average Bonchev–Trinajstić information content (AvgIpc) is 3.89. The van der Waals surface area contributed by atoms with Gasteiger partial charge in [0, 0.05) is 25.2 Å². The topological polar surface area (TPSA) is 192 Å². The van der Waals surface area contributed by atoms with E-state index in [4.69, 9.17) is 54.1 Å². The fourth-order valence-corrected chi connectivity index (χ4v) is 5.63. The molecule has 50 heavy (non-hydrogen) atoms. The number of carbonyl (C=O) groups is 4. The highest BCUT2D eigenvalue weighted by Gasteiger charge is 2.15. The lowest BCUT2D eigenvalue weighted by Gasteiger charge is -2.15. The number of benzene rings is 3. The fraction of sp³-hybridized carbons (Fsp3) is 0.361. The predicted octanol–water partition coefficient (Wildman–Crippen LogP) is 4.01. The second-order valence-corrected chi connectivity index (χ2v) is 11.7. The minimum Gasteiger partial charge on any atom is -0.492 e. The number of imidazole rings is 1. The number of carboxylic acids is 4. The molecule has 4 aromatic rings. The second-order valence-electron chi connectivity index (χ2n) is 11.7. The summed E-state index contributed by atoms with van der Waals surface area (Å²) in [5.74, 6) is -4.48. The van der Waals surface area contributed by atoms with Crippen LogP contribution in [0.4, 0.5) is 0 Å². The smallest absolute Gasteiger partial charge is 0.414 e. The molecule has 2 aliphatic heterocycles. The van der Waals surface area contributed by atoms with E-state index < -0.39 is 23.9 Å². The van der Waals surface area contributed by atoms with Crippen LogP contribution in [0.15, 0.2) is 72.8 Å². The van der Waals surface area contributed by atoms with Crippen molar-refractivity contribution in [3.63, 3.8) is 0 Å². The average molecular weight is 691 g/mol. The highest BCUT2D eigenvalue weighted by Crippen LogP contribution is 2.28. The number of hydrogen-bond acceptors (Lipinski definition) is 9. The van der Waals surface area contributed by atoms with Crippen LogP contribution in [-0.2, 0) is 25.7 Å². The molecule has 0 bridgehead atoms. The molecule has 0 saturated carbocycles. The van der Waals surface area contributed by atoms with Crippen molar-refractivity contribution >= 4 is 34.9 Å². The lowest BCUT2D eigenvalue weighted by atomic mass is 10.1. The zero-order valence-electron chi connectivity index (χ0n) is 27.6. The first-order valence-corrected chi connectivity index (χ1v) is 16.4. The van der Waals surface area contributed by atoms with E-state index in [1.807, 2.05) is 0 Å². The Morgan fingerprint density at radius 1 is 0.600 bits per heavy atom. The van der Waals surface area contributed by atoms with Gasteiger partial charge in [0.1, 0.15) is 30.5 Å². The van der Waals surface area contributed by atoms with Gasteiger partial charge in [0.25, 0.3) is 0 Å². The summed E-state index contributed by atoms with van der Waals surface area (Å²) in [5.41, 5.74) is 4.47. The molecule has 3 heterocycles. The zero-order chi connectivity index (χ0) is 35.9. The Kier molecular flexibility index (Phi) is 14.1. The van der Waals surface area contributed by atoms with Gasteiger partial charge < -0.3 is 34.5 Å². The van der Waals surface area contributed by atoms with Crippen LogP contribution >= 0.6 is 0 Å². The Morgan fingerprint density at radius 2 is 1.04 bits per heavy atom. The van der Waals surface area contributed by atoms with Crippen molar-refractivity contribution in [2.24, 2.45) is 0 Å². The van der Waals surface area contributed by atoms with Gasteiger partial charge >= 0.3 is 23.9 Å². The van der Waals surface area contributed by atoms with Crippen LogP contribution in [0.5, 0.6) is 11.5 Å². The maximum Gasteiger partial charge on any atom is 0.414 e. The summed E-state index contributed by atoms with van der Waals surface area (Å²) in [7, 11) is 0. The zero-order valence-corrected chi connectivity index (χ0v) is 27.6. The number of aromatic nitrogens is 2. The third-order valence-corrected chi connectivity index (χ3v) is 8.15. The highest BCUT2D eigenvalue weighted by atomic mass is 16.5. The predicted molar refractivity (Wildman–Crippen MR) is 184 cm³/mol. The number of para-hydroxylation sites is 2. The van der Waals surface area contributed by atoms with Gasteiger partial charge in [-0.05, 0) is 106 Å². The van der Waals surface area contributed by atoms with Crippen molar-refractivity contribution in [3.8, 4) is 22.9 Å². The van der Waals surface area contributed by atoms with Crippen LogP contribution in [0, 0.1) is 0 Å². The maximum absolute atomic E-state index is 9.10. The summed E-state index contributed by atoms with van der Waals surface area (Å²) in [6.07, 6.45) is 5.26. The SMILES string of the molecule is O=C(O)C(=O)O.O=C(O)C(=O)O.c1ccc2c(c1)nc(-c1ccc(OCCN3CCCC3)cc1)n2Cc1ccc(OCCN2CCCC2)cc1. The first kappa shape index (κ1) is 37.4. The molecule has 14 nitrogen and oxygen atoms in total. The molecule has 6 rings (SSSR count). The van der Waals surface area contributed by atoms with E-state index in [1.54, 1.807) is 0 Å². The Bertz CT molecular complexity index is 1660. The number of hydrogen-bond donors (Lipinski definition) is 4. The molecule has 0 atom stereocenters. The van der Waals surface area contributed by atoms with Crippen LogP contribution in [0.2, 0.25) is 0 Å². The minimum atomic E-state index is -1.82. The van der Waals surface area contributed by atoms with E-state index in [9.17, 15) is 0 Å². The number of carboxylic acid groups (broad SMARTS) is 4. The standard InChI is InChI=1S/C32H38N4O2.2C2H2O4/c1-2-8-31-30(7-1)33-32(27-11-15-29(16-12-27)38-24-22-35-19-5-6-20-35)36(31)25-26-9-13-28(14-10-26)37-23-21-34-17-3-4-18-34;2*3-1(4)2(5)6/h1-2,7-16H,3-6,17-25H2;2*(H,3,4)(H,5,6). The van der Waals surface area contributed by atoms with Gasteiger partial charge in [-0.25, -0.2) is 24.2 Å². The van der Waals surface area contributed by atoms with Crippen molar-refractivity contribution in [1.29, 1.82) is 0 Å². The molecule has 0 unspecified atom stereocenters. The van der Waals surface area contributed by atoms with Gasteiger partial charge in [-0.15, -0.1) is 0 Å². The van der Waals surface area contributed by atoms with Crippen LogP contribution < -0.4 is 9.47 Å². The monoisotopic (exact) mass is 690 g/mol. The van der Waals surface area contributed by atoms with E-state index in [0.717, 1.165) is 66.8 Å². The second kappa shape index (κ2) is 18.9. The summed E-state index contributed by atoms with van der Waals surface area (Å²) in [6.45, 7) is 9.05. The van der Waals surface area contributed by atoms with Crippen LogP contribution in [0.25, 0.3) is 22.4 Å². The maximum atomic E-state index is 9.10.